The Balaban J connectivity index is 2.07. The van der Waals surface area contributed by atoms with E-state index in [0.29, 0.717) is 5.82 Å². The highest BCUT2D eigenvalue weighted by Gasteiger charge is 1.96. The largest absolute Gasteiger partial charge is 0.384 e. The Morgan fingerprint density at radius 2 is 2.19 bits per heavy atom. The summed E-state index contributed by atoms with van der Waals surface area (Å²) >= 11 is 0. The molecule has 0 aliphatic heterocycles. The number of nitrogen functional groups attached to an aromatic ring is 1. The number of hydrogen-bond acceptors (Lipinski definition) is 3. The molecular formula is C13H23N3. The van der Waals surface area contributed by atoms with Gasteiger partial charge < -0.3 is 11.1 Å². The molecule has 0 fully saturated rings. The number of hydrogen-bond donors (Lipinski definition) is 2. The third kappa shape index (κ3) is 5.71. The summed E-state index contributed by atoms with van der Waals surface area (Å²) in [5.74, 6) is 1.36. The lowest BCUT2D eigenvalue weighted by Gasteiger charge is -2.07. The Morgan fingerprint density at radius 3 is 2.88 bits per heavy atom. The van der Waals surface area contributed by atoms with Crippen molar-refractivity contribution >= 4 is 5.82 Å². The van der Waals surface area contributed by atoms with Crippen molar-refractivity contribution in [3.63, 3.8) is 0 Å². The van der Waals surface area contributed by atoms with Crippen molar-refractivity contribution in [3.05, 3.63) is 23.9 Å². The predicted octanol–water partition coefficient (Wildman–Crippen LogP) is 2.23. The van der Waals surface area contributed by atoms with Gasteiger partial charge in [0, 0.05) is 6.20 Å². The summed E-state index contributed by atoms with van der Waals surface area (Å²) in [6.07, 6.45) is 5.29. The molecule has 90 valence electrons. The van der Waals surface area contributed by atoms with E-state index < -0.39 is 0 Å². The molecule has 1 rings (SSSR count). The van der Waals surface area contributed by atoms with Crippen LogP contribution in [0.25, 0.3) is 0 Å². The minimum absolute atomic E-state index is 0.621. The van der Waals surface area contributed by atoms with E-state index >= 15 is 0 Å². The normalized spacial score (nSPS) is 10.9. The second kappa shape index (κ2) is 7.23. The van der Waals surface area contributed by atoms with Gasteiger partial charge in [-0.25, -0.2) is 4.98 Å². The summed E-state index contributed by atoms with van der Waals surface area (Å²) in [6, 6.07) is 4.00. The summed E-state index contributed by atoms with van der Waals surface area (Å²) in [5, 5.41) is 3.45. The second-order valence-electron chi connectivity index (χ2n) is 4.64. The van der Waals surface area contributed by atoms with Crippen molar-refractivity contribution in [1.29, 1.82) is 0 Å². The smallest absolute Gasteiger partial charge is 0.123 e. The molecule has 0 amide bonds. The van der Waals surface area contributed by atoms with Gasteiger partial charge in [-0.1, -0.05) is 13.8 Å². The first-order chi connectivity index (χ1) is 7.68. The molecule has 0 spiro atoms. The first-order valence-corrected chi connectivity index (χ1v) is 6.09. The van der Waals surface area contributed by atoms with E-state index in [0.717, 1.165) is 25.4 Å². The molecular weight excluding hydrogens is 198 g/mol. The van der Waals surface area contributed by atoms with Gasteiger partial charge in [-0.2, -0.15) is 0 Å². The van der Waals surface area contributed by atoms with Crippen LogP contribution in [0.3, 0.4) is 0 Å². The van der Waals surface area contributed by atoms with Crippen LogP contribution in [0.1, 0.15) is 32.3 Å². The molecule has 3 heteroatoms. The zero-order chi connectivity index (χ0) is 11.8. The molecule has 1 heterocycles. The summed E-state index contributed by atoms with van der Waals surface area (Å²) in [7, 11) is 0. The second-order valence-corrected chi connectivity index (χ2v) is 4.64. The van der Waals surface area contributed by atoms with E-state index in [1.165, 1.54) is 18.4 Å². The van der Waals surface area contributed by atoms with Crippen molar-refractivity contribution < 1.29 is 0 Å². The van der Waals surface area contributed by atoms with Gasteiger partial charge in [0.1, 0.15) is 5.82 Å². The lowest BCUT2D eigenvalue weighted by Crippen LogP contribution is -2.20. The van der Waals surface area contributed by atoms with Crippen LogP contribution in [-0.4, -0.2) is 18.1 Å². The first kappa shape index (κ1) is 13.0. The third-order valence-electron chi connectivity index (χ3n) is 2.47. The lowest BCUT2D eigenvalue weighted by molar-refractivity contribution is 0.535. The van der Waals surface area contributed by atoms with Crippen LogP contribution in [-0.2, 0) is 6.42 Å². The third-order valence-corrected chi connectivity index (χ3v) is 2.47. The Bertz CT molecular complexity index is 297. The van der Waals surface area contributed by atoms with Gasteiger partial charge in [0.05, 0.1) is 0 Å². The highest BCUT2D eigenvalue weighted by Crippen LogP contribution is 2.06. The number of rotatable bonds is 7. The molecule has 0 aromatic carbocycles. The lowest BCUT2D eigenvalue weighted by atomic mass is 10.1. The van der Waals surface area contributed by atoms with Crippen LogP contribution >= 0.6 is 0 Å². The van der Waals surface area contributed by atoms with Gasteiger partial charge in [-0.3, -0.25) is 0 Å². The van der Waals surface area contributed by atoms with E-state index in [9.17, 15) is 0 Å². The average Bonchev–Trinajstić information content (AvgIpc) is 2.23. The van der Waals surface area contributed by atoms with Crippen molar-refractivity contribution in [2.24, 2.45) is 5.92 Å². The van der Waals surface area contributed by atoms with E-state index in [-0.39, 0.29) is 0 Å². The van der Waals surface area contributed by atoms with Gasteiger partial charge in [0.15, 0.2) is 0 Å². The molecule has 3 nitrogen and oxygen atoms in total. The minimum Gasteiger partial charge on any atom is -0.384 e. The fraction of sp³-hybridized carbons (Fsp3) is 0.615. The number of nitrogens with two attached hydrogens (primary N) is 1. The Kier molecular flexibility index (Phi) is 5.86. The maximum Gasteiger partial charge on any atom is 0.123 e. The van der Waals surface area contributed by atoms with E-state index in [1.807, 2.05) is 12.1 Å². The summed E-state index contributed by atoms with van der Waals surface area (Å²) in [4.78, 5) is 3.98. The zero-order valence-electron chi connectivity index (χ0n) is 10.4. The fourth-order valence-corrected chi connectivity index (χ4v) is 1.62. The summed E-state index contributed by atoms with van der Waals surface area (Å²) < 4.78 is 0. The molecule has 16 heavy (non-hydrogen) atoms. The van der Waals surface area contributed by atoms with Crippen molar-refractivity contribution in [2.45, 2.75) is 33.1 Å². The van der Waals surface area contributed by atoms with E-state index in [1.54, 1.807) is 6.20 Å². The summed E-state index contributed by atoms with van der Waals surface area (Å²) in [5.41, 5.74) is 6.91. The standard InChI is InChI=1S/C13H23N3/c1-11(2)10-15-7-4-3-5-12-6-8-16-13(14)9-12/h6,8-9,11,15H,3-5,7,10H2,1-2H3,(H2,14,16). The molecule has 0 aliphatic rings. The maximum absolute atomic E-state index is 5.62. The molecule has 0 atom stereocenters. The Labute approximate surface area is 98.5 Å². The van der Waals surface area contributed by atoms with Crippen molar-refractivity contribution in [3.8, 4) is 0 Å². The molecule has 0 aliphatic carbocycles. The Morgan fingerprint density at radius 1 is 1.38 bits per heavy atom. The molecule has 1 aromatic rings. The predicted molar refractivity (Wildman–Crippen MR) is 69.3 cm³/mol. The van der Waals surface area contributed by atoms with Crippen LogP contribution in [0.5, 0.6) is 0 Å². The minimum atomic E-state index is 0.621. The SMILES string of the molecule is CC(C)CNCCCCc1ccnc(N)c1. The first-order valence-electron chi connectivity index (χ1n) is 6.09. The van der Waals surface area contributed by atoms with Crippen molar-refractivity contribution in [1.82, 2.24) is 10.3 Å². The topological polar surface area (TPSA) is 50.9 Å². The van der Waals surface area contributed by atoms with E-state index in [2.05, 4.69) is 24.1 Å². The number of nitrogens with one attached hydrogen (secondary N) is 1. The van der Waals surface area contributed by atoms with Gasteiger partial charge >= 0.3 is 0 Å². The molecule has 0 bridgehead atoms. The van der Waals surface area contributed by atoms with Crippen LogP contribution in [0.4, 0.5) is 5.82 Å². The quantitative estimate of drug-likeness (QED) is 0.694. The molecule has 0 radical (unpaired) electrons. The van der Waals surface area contributed by atoms with Crippen LogP contribution in [0, 0.1) is 5.92 Å². The van der Waals surface area contributed by atoms with E-state index in [4.69, 9.17) is 5.73 Å². The number of aromatic nitrogens is 1. The number of pyridine rings is 1. The zero-order valence-corrected chi connectivity index (χ0v) is 10.4. The van der Waals surface area contributed by atoms with Gasteiger partial charge in [-0.15, -0.1) is 0 Å². The highest BCUT2D eigenvalue weighted by atomic mass is 14.8. The molecule has 1 aromatic heterocycles. The fourth-order valence-electron chi connectivity index (χ4n) is 1.62. The number of nitrogens with zero attached hydrogens (tertiary/aromatic N) is 1. The van der Waals surface area contributed by atoms with Crippen LogP contribution in [0.2, 0.25) is 0 Å². The highest BCUT2D eigenvalue weighted by molar-refractivity contribution is 5.31. The summed E-state index contributed by atoms with van der Waals surface area (Å²) in [6.45, 7) is 6.68. The van der Waals surface area contributed by atoms with Gasteiger partial charge in [0.2, 0.25) is 0 Å². The number of anilines is 1. The van der Waals surface area contributed by atoms with Crippen molar-refractivity contribution in [2.75, 3.05) is 18.8 Å². The monoisotopic (exact) mass is 221 g/mol. The molecule has 0 saturated heterocycles. The maximum atomic E-state index is 5.62. The number of aryl methyl sites for hydroxylation is 1. The van der Waals surface area contributed by atoms with Crippen LogP contribution < -0.4 is 11.1 Å². The average molecular weight is 221 g/mol. The molecule has 0 unspecified atom stereocenters. The van der Waals surface area contributed by atoms with Gasteiger partial charge in [0.25, 0.3) is 0 Å². The molecule has 0 saturated carbocycles. The van der Waals surface area contributed by atoms with Gasteiger partial charge in [-0.05, 0) is 56.0 Å². The number of unbranched alkanes of at least 4 members (excludes halogenated alkanes) is 1. The Hall–Kier alpha value is -1.09. The van der Waals surface area contributed by atoms with Crippen LogP contribution in [0.15, 0.2) is 18.3 Å². The molecule has 3 N–H and O–H groups in total.